The van der Waals surface area contributed by atoms with E-state index in [-0.39, 0.29) is 12.6 Å². The summed E-state index contributed by atoms with van der Waals surface area (Å²) in [5, 5.41) is 14.4. The van der Waals surface area contributed by atoms with E-state index in [0.29, 0.717) is 32.1 Å². The van der Waals surface area contributed by atoms with Crippen LogP contribution >= 0.6 is 0 Å². The van der Waals surface area contributed by atoms with Crippen LogP contribution in [0.25, 0.3) is 0 Å². The SMILES string of the molecule is CC(C)(C)OC(=O)CCNCc1ccc2c(c1)CC(N(Cc1ccccc1)CC(O)COc1ccccc1)CCC2. The lowest BCUT2D eigenvalue weighted by molar-refractivity contribution is -0.154. The van der Waals surface area contributed by atoms with Crippen LogP contribution in [0.1, 0.15) is 62.3 Å². The Morgan fingerprint density at radius 1 is 1.00 bits per heavy atom. The van der Waals surface area contributed by atoms with Crippen LogP contribution in [-0.4, -0.2) is 53.4 Å². The van der Waals surface area contributed by atoms with Crippen molar-refractivity contribution in [3.05, 3.63) is 101 Å². The van der Waals surface area contributed by atoms with Gasteiger partial charge in [-0.2, -0.15) is 0 Å². The topological polar surface area (TPSA) is 71.0 Å². The lowest BCUT2D eigenvalue weighted by atomic mass is 9.98. The average molecular weight is 559 g/mol. The smallest absolute Gasteiger partial charge is 0.307 e. The second kappa shape index (κ2) is 15.2. The normalized spacial score (nSPS) is 16.1. The second-order valence-electron chi connectivity index (χ2n) is 12.1. The van der Waals surface area contributed by atoms with Crippen molar-refractivity contribution in [2.45, 2.75) is 83.7 Å². The number of aliphatic hydroxyl groups is 1. The summed E-state index contributed by atoms with van der Waals surface area (Å²) in [5.41, 5.74) is 4.81. The minimum Gasteiger partial charge on any atom is -0.491 e. The van der Waals surface area contributed by atoms with Gasteiger partial charge < -0.3 is 19.9 Å². The van der Waals surface area contributed by atoms with E-state index in [1.807, 2.05) is 57.2 Å². The van der Waals surface area contributed by atoms with Gasteiger partial charge in [0.2, 0.25) is 0 Å². The van der Waals surface area contributed by atoms with E-state index in [0.717, 1.165) is 38.0 Å². The molecule has 0 amide bonds. The quantitative estimate of drug-likeness (QED) is 0.159. The molecule has 6 nitrogen and oxygen atoms in total. The van der Waals surface area contributed by atoms with Crippen LogP contribution in [0.2, 0.25) is 0 Å². The lowest BCUT2D eigenvalue weighted by Gasteiger charge is -2.33. The van der Waals surface area contributed by atoms with Crippen LogP contribution in [-0.2, 0) is 35.5 Å². The fraction of sp³-hybridized carbons (Fsp3) is 0.457. The van der Waals surface area contributed by atoms with Gasteiger partial charge in [0.25, 0.3) is 0 Å². The number of fused-ring (bicyclic) bond motifs is 1. The minimum atomic E-state index is -0.595. The van der Waals surface area contributed by atoms with Gasteiger partial charge in [-0.25, -0.2) is 0 Å². The molecule has 0 saturated carbocycles. The lowest BCUT2D eigenvalue weighted by Crippen LogP contribution is -2.42. The van der Waals surface area contributed by atoms with E-state index in [1.54, 1.807) is 0 Å². The molecule has 2 unspecified atom stereocenters. The first-order valence-corrected chi connectivity index (χ1v) is 14.9. The molecule has 0 spiro atoms. The third-order valence-electron chi connectivity index (χ3n) is 7.34. The Balaban J connectivity index is 1.39. The van der Waals surface area contributed by atoms with Crippen LogP contribution in [0.4, 0.5) is 0 Å². The summed E-state index contributed by atoms with van der Waals surface area (Å²) in [4.78, 5) is 14.5. The van der Waals surface area contributed by atoms with Gasteiger partial charge in [0.1, 0.15) is 24.1 Å². The standard InChI is InChI=1S/C35H46N2O4/c1-35(2,3)41-34(39)19-20-36-23-28-17-18-29-13-10-14-31(22-30(29)21-28)37(24-27-11-6-4-7-12-27)25-32(38)26-40-33-15-8-5-9-16-33/h4-9,11-12,15-18,21,31-32,36,38H,10,13-14,19-20,22-26H2,1-3H3. The number of hydrogen-bond acceptors (Lipinski definition) is 6. The number of ether oxygens (including phenoxy) is 2. The molecule has 0 bridgehead atoms. The first-order valence-electron chi connectivity index (χ1n) is 14.9. The highest BCUT2D eigenvalue weighted by atomic mass is 16.6. The molecule has 6 heteroatoms. The van der Waals surface area contributed by atoms with E-state index in [4.69, 9.17) is 9.47 Å². The van der Waals surface area contributed by atoms with Crippen LogP contribution in [0.15, 0.2) is 78.9 Å². The number of esters is 1. The first kappa shape index (κ1) is 30.8. The molecule has 1 aliphatic carbocycles. The van der Waals surface area contributed by atoms with Gasteiger partial charge in [0.05, 0.1) is 6.42 Å². The van der Waals surface area contributed by atoms with Crippen molar-refractivity contribution in [1.82, 2.24) is 10.2 Å². The van der Waals surface area contributed by atoms with Gasteiger partial charge in [-0.1, -0.05) is 66.7 Å². The van der Waals surface area contributed by atoms with Crippen molar-refractivity contribution in [2.24, 2.45) is 0 Å². The van der Waals surface area contributed by atoms with Crippen molar-refractivity contribution in [3.63, 3.8) is 0 Å². The molecule has 2 atom stereocenters. The zero-order valence-electron chi connectivity index (χ0n) is 24.9. The maximum Gasteiger partial charge on any atom is 0.307 e. The summed E-state index contributed by atoms with van der Waals surface area (Å²) in [6, 6.07) is 27.3. The molecule has 4 rings (SSSR count). The molecule has 220 valence electrons. The number of para-hydroxylation sites is 1. The van der Waals surface area contributed by atoms with Gasteiger partial charge in [0, 0.05) is 32.2 Å². The highest BCUT2D eigenvalue weighted by Gasteiger charge is 2.25. The summed E-state index contributed by atoms with van der Waals surface area (Å²) < 4.78 is 11.3. The maximum atomic E-state index is 12.0. The van der Waals surface area contributed by atoms with Crippen molar-refractivity contribution < 1.29 is 19.4 Å². The summed E-state index contributed by atoms with van der Waals surface area (Å²) in [5.74, 6) is 0.599. The minimum absolute atomic E-state index is 0.176. The number of hydrogen-bond donors (Lipinski definition) is 2. The number of nitrogens with one attached hydrogen (secondary N) is 1. The molecule has 1 aliphatic rings. The second-order valence-corrected chi connectivity index (χ2v) is 12.1. The Bertz CT molecular complexity index is 1210. The average Bonchev–Trinajstić information content (AvgIpc) is 3.16. The zero-order valence-corrected chi connectivity index (χ0v) is 24.9. The molecule has 0 fully saturated rings. The summed E-state index contributed by atoms with van der Waals surface area (Å²) in [6.45, 7) is 8.57. The molecule has 0 aromatic heterocycles. The number of nitrogens with zero attached hydrogens (tertiary/aromatic N) is 1. The fourth-order valence-electron chi connectivity index (χ4n) is 5.43. The highest BCUT2D eigenvalue weighted by molar-refractivity contribution is 5.70. The third kappa shape index (κ3) is 10.6. The van der Waals surface area contributed by atoms with Gasteiger partial charge >= 0.3 is 5.97 Å². The van der Waals surface area contributed by atoms with Gasteiger partial charge in [-0.05, 0) is 80.8 Å². The van der Waals surface area contributed by atoms with Crippen molar-refractivity contribution in [2.75, 3.05) is 19.7 Å². The predicted octanol–water partition coefficient (Wildman–Crippen LogP) is 5.70. The van der Waals surface area contributed by atoms with Crippen LogP contribution in [0.3, 0.4) is 0 Å². The number of carbonyl (C=O) groups excluding carboxylic acids is 1. The van der Waals surface area contributed by atoms with Crippen LogP contribution in [0, 0.1) is 0 Å². The van der Waals surface area contributed by atoms with Crippen molar-refractivity contribution in [3.8, 4) is 5.75 Å². The Kier molecular flexibility index (Phi) is 11.4. The Morgan fingerprint density at radius 2 is 1.73 bits per heavy atom. The van der Waals surface area contributed by atoms with Crippen LogP contribution in [0.5, 0.6) is 5.75 Å². The summed E-state index contributed by atoms with van der Waals surface area (Å²) >= 11 is 0. The van der Waals surface area contributed by atoms with E-state index in [2.05, 4.69) is 52.7 Å². The first-order chi connectivity index (χ1) is 19.7. The molecule has 0 radical (unpaired) electrons. The molecular weight excluding hydrogens is 512 g/mol. The molecule has 2 N–H and O–H groups in total. The number of aliphatic hydroxyl groups excluding tert-OH is 1. The summed E-state index contributed by atoms with van der Waals surface area (Å²) in [6.07, 6.45) is 3.97. The summed E-state index contributed by atoms with van der Waals surface area (Å²) in [7, 11) is 0. The Hall–Kier alpha value is -3.19. The molecule has 0 saturated heterocycles. The van der Waals surface area contributed by atoms with Gasteiger partial charge in [-0.15, -0.1) is 0 Å². The highest BCUT2D eigenvalue weighted by Crippen LogP contribution is 2.26. The fourth-order valence-corrected chi connectivity index (χ4v) is 5.43. The van der Waals surface area contributed by atoms with E-state index in [9.17, 15) is 9.90 Å². The number of aryl methyl sites for hydroxylation is 1. The van der Waals surface area contributed by atoms with E-state index in [1.165, 1.54) is 22.3 Å². The van der Waals surface area contributed by atoms with Crippen molar-refractivity contribution in [1.29, 1.82) is 0 Å². The number of benzene rings is 3. The van der Waals surface area contributed by atoms with Gasteiger partial charge in [-0.3, -0.25) is 9.69 Å². The predicted molar refractivity (Wildman–Crippen MR) is 164 cm³/mol. The largest absolute Gasteiger partial charge is 0.491 e. The maximum absolute atomic E-state index is 12.0. The Morgan fingerprint density at radius 3 is 2.46 bits per heavy atom. The molecule has 3 aromatic rings. The van der Waals surface area contributed by atoms with Crippen molar-refractivity contribution >= 4 is 5.97 Å². The van der Waals surface area contributed by atoms with E-state index < -0.39 is 11.7 Å². The molecule has 0 aliphatic heterocycles. The third-order valence-corrected chi connectivity index (χ3v) is 7.34. The molecule has 3 aromatic carbocycles. The molecule has 41 heavy (non-hydrogen) atoms. The monoisotopic (exact) mass is 558 g/mol. The Labute approximate surface area is 245 Å². The molecular formula is C35H46N2O4. The number of rotatable bonds is 13. The van der Waals surface area contributed by atoms with Gasteiger partial charge in [0.15, 0.2) is 0 Å². The van der Waals surface area contributed by atoms with E-state index >= 15 is 0 Å². The zero-order chi connectivity index (χ0) is 29.1. The van der Waals surface area contributed by atoms with Crippen LogP contribution < -0.4 is 10.1 Å². The molecule has 0 heterocycles. The number of carbonyl (C=O) groups is 1.